The van der Waals surface area contributed by atoms with Gasteiger partial charge in [0.25, 0.3) is 0 Å². The van der Waals surface area contributed by atoms with Crippen molar-refractivity contribution in [1.82, 2.24) is 0 Å². The SMILES string of the molecule is CC(O)COC(C)COCCC[Si](C)(C)O[Si](C)(CCC(F)(F)F)O[Si](C)(C)CCCOCC(C)OC(C)O. The van der Waals surface area contributed by atoms with Crippen LogP contribution in [0.5, 0.6) is 0 Å². The first-order valence-electron chi connectivity index (χ1n) is 14.0. The van der Waals surface area contributed by atoms with E-state index in [9.17, 15) is 23.4 Å². The Morgan fingerprint density at radius 1 is 0.692 bits per heavy atom. The quantitative estimate of drug-likeness (QED) is 0.0837. The molecule has 0 saturated heterocycles. The molecule has 0 aromatic heterocycles. The molecule has 0 rings (SSSR count). The average Bonchev–Trinajstić information content (AvgIpc) is 2.74. The van der Waals surface area contributed by atoms with Crippen molar-refractivity contribution in [2.24, 2.45) is 0 Å². The van der Waals surface area contributed by atoms with E-state index in [1.807, 2.05) is 40.0 Å². The van der Waals surface area contributed by atoms with Crippen LogP contribution in [0.25, 0.3) is 0 Å². The molecule has 39 heavy (non-hydrogen) atoms. The molecule has 8 nitrogen and oxygen atoms in total. The van der Waals surface area contributed by atoms with Crippen LogP contribution in [-0.4, -0.2) is 99.2 Å². The Hall–Kier alpha value is 0.121. The van der Waals surface area contributed by atoms with Gasteiger partial charge in [0, 0.05) is 19.6 Å². The van der Waals surface area contributed by atoms with Crippen LogP contribution in [0.1, 0.15) is 47.0 Å². The molecule has 2 N–H and O–H groups in total. The predicted molar refractivity (Wildman–Crippen MR) is 154 cm³/mol. The van der Waals surface area contributed by atoms with Crippen LogP contribution < -0.4 is 0 Å². The smallest absolute Gasteiger partial charge is 0.389 e. The van der Waals surface area contributed by atoms with Crippen molar-refractivity contribution in [3.05, 3.63) is 0 Å². The van der Waals surface area contributed by atoms with Crippen LogP contribution in [-0.2, 0) is 27.2 Å². The summed E-state index contributed by atoms with van der Waals surface area (Å²) in [5.41, 5.74) is 0. The van der Waals surface area contributed by atoms with Gasteiger partial charge in [-0.15, -0.1) is 0 Å². The molecular formula is C25H55F3O8Si3. The summed E-state index contributed by atoms with van der Waals surface area (Å²) in [6.07, 6.45) is -5.47. The summed E-state index contributed by atoms with van der Waals surface area (Å²) >= 11 is 0. The summed E-state index contributed by atoms with van der Waals surface area (Å²) in [5, 5.41) is 18.6. The van der Waals surface area contributed by atoms with Gasteiger partial charge in [-0.2, -0.15) is 13.2 Å². The minimum atomic E-state index is -4.27. The first-order chi connectivity index (χ1) is 17.7. The number of alkyl halides is 3. The topological polar surface area (TPSA) is 95.8 Å². The lowest BCUT2D eigenvalue weighted by Gasteiger charge is -2.41. The third-order valence-corrected chi connectivity index (χ3v) is 17.9. The molecule has 0 amide bonds. The van der Waals surface area contributed by atoms with E-state index in [-0.39, 0.29) is 24.9 Å². The number of hydrogen-bond donors (Lipinski definition) is 2. The first-order valence-corrected chi connectivity index (χ1v) is 22.8. The zero-order valence-electron chi connectivity index (χ0n) is 25.6. The number of halogens is 3. The maximum Gasteiger partial charge on any atom is 0.389 e. The Balaban J connectivity index is 4.85. The highest BCUT2D eigenvalue weighted by atomic mass is 28.5. The van der Waals surface area contributed by atoms with Gasteiger partial charge in [-0.1, -0.05) is 0 Å². The molecule has 0 aliphatic carbocycles. The summed E-state index contributed by atoms with van der Waals surface area (Å²) in [6, 6.07) is 1.36. The second kappa shape index (κ2) is 18.6. The highest BCUT2D eigenvalue weighted by Gasteiger charge is 2.45. The van der Waals surface area contributed by atoms with Crippen LogP contribution in [0.4, 0.5) is 13.2 Å². The summed E-state index contributed by atoms with van der Waals surface area (Å²) in [5.74, 6) is 0. The van der Waals surface area contributed by atoms with E-state index in [1.54, 1.807) is 20.4 Å². The summed E-state index contributed by atoms with van der Waals surface area (Å²) in [4.78, 5) is 0. The van der Waals surface area contributed by atoms with E-state index in [4.69, 9.17) is 27.2 Å². The zero-order valence-corrected chi connectivity index (χ0v) is 28.6. The Morgan fingerprint density at radius 3 is 1.56 bits per heavy atom. The summed E-state index contributed by atoms with van der Waals surface area (Å²) in [7, 11) is -7.76. The zero-order chi connectivity index (χ0) is 30.3. The van der Waals surface area contributed by atoms with Crippen molar-refractivity contribution in [2.75, 3.05) is 33.0 Å². The molecule has 0 aromatic carbocycles. The Kier molecular flexibility index (Phi) is 18.7. The molecule has 0 heterocycles. The summed E-state index contributed by atoms with van der Waals surface area (Å²) < 4.78 is 74.7. The number of hydrogen-bond acceptors (Lipinski definition) is 8. The Labute approximate surface area is 237 Å². The van der Waals surface area contributed by atoms with Crippen LogP contribution in [0.15, 0.2) is 0 Å². The maximum atomic E-state index is 13.2. The molecule has 0 aliphatic heterocycles. The molecule has 0 bridgehead atoms. The fourth-order valence-corrected chi connectivity index (χ4v) is 18.4. The predicted octanol–water partition coefficient (Wildman–Crippen LogP) is 5.80. The Bertz CT molecular complexity index is 642. The van der Waals surface area contributed by atoms with Crippen LogP contribution in [0, 0.1) is 0 Å². The van der Waals surface area contributed by atoms with Gasteiger partial charge in [0.05, 0.1) is 38.1 Å². The number of aliphatic hydroxyl groups excluding tert-OH is 2. The minimum Gasteiger partial charge on any atom is -0.436 e. The second-order valence-corrected chi connectivity index (χ2v) is 24.3. The number of ether oxygens (including phenoxy) is 4. The van der Waals surface area contributed by atoms with E-state index >= 15 is 0 Å². The highest BCUT2D eigenvalue weighted by molar-refractivity contribution is 6.88. The molecule has 236 valence electrons. The molecular weight excluding hydrogens is 570 g/mol. The molecule has 0 fully saturated rings. The monoisotopic (exact) mass is 624 g/mol. The first kappa shape index (κ1) is 39.1. The van der Waals surface area contributed by atoms with Gasteiger partial charge in [-0.3, -0.25) is 0 Å². The van der Waals surface area contributed by atoms with Gasteiger partial charge in [0.15, 0.2) is 22.9 Å². The molecule has 0 radical (unpaired) electrons. The van der Waals surface area contributed by atoms with E-state index in [0.717, 1.165) is 24.9 Å². The molecule has 0 aromatic rings. The lowest BCUT2D eigenvalue weighted by atomic mass is 10.4. The van der Waals surface area contributed by atoms with Crippen LogP contribution >= 0.6 is 0 Å². The van der Waals surface area contributed by atoms with Crippen LogP contribution in [0.2, 0.25) is 50.9 Å². The van der Waals surface area contributed by atoms with Crippen molar-refractivity contribution < 1.29 is 50.6 Å². The lowest BCUT2D eigenvalue weighted by molar-refractivity contribution is -0.135. The van der Waals surface area contributed by atoms with Gasteiger partial charge in [-0.25, -0.2) is 0 Å². The number of rotatable bonds is 23. The lowest BCUT2D eigenvalue weighted by Crippen LogP contribution is -2.54. The van der Waals surface area contributed by atoms with Gasteiger partial charge in [0.1, 0.15) is 0 Å². The highest BCUT2D eigenvalue weighted by Crippen LogP contribution is 2.33. The van der Waals surface area contributed by atoms with Crippen molar-refractivity contribution in [3.8, 4) is 0 Å². The van der Waals surface area contributed by atoms with Crippen molar-refractivity contribution in [1.29, 1.82) is 0 Å². The molecule has 0 saturated carbocycles. The van der Waals surface area contributed by atoms with Gasteiger partial charge >= 0.3 is 14.7 Å². The van der Waals surface area contributed by atoms with Gasteiger partial charge in [0.2, 0.25) is 0 Å². The molecule has 5 unspecified atom stereocenters. The number of aliphatic hydroxyl groups is 2. The van der Waals surface area contributed by atoms with Gasteiger partial charge < -0.3 is 37.4 Å². The maximum absolute atomic E-state index is 13.2. The third-order valence-electron chi connectivity index (χ3n) is 5.74. The van der Waals surface area contributed by atoms with E-state index in [0.29, 0.717) is 26.4 Å². The summed E-state index contributed by atoms with van der Waals surface area (Å²) in [6.45, 7) is 18.8. The van der Waals surface area contributed by atoms with E-state index < -0.39 is 50.2 Å². The molecule has 5 atom stereocenters. The third kappa shape index (κ3) is 23.4. The molecule has 0 aliphatic rings. The largest absolute Gasteiger partial charge is 0.436 e. The van der Waals surface area contributed by atoms with Crippen LogP contribution in [0.3, 0.4) is 0 Å². The Morgan fingerprint density at radius 2 is 1.15 bits per heavy atom. The normalized spacial score (nSPS) is 18.0. The van der Waals surface area contributed by atoms with Crippen molar-refractivity contribution in [3.63, 3.8) is 0 Å². The average molecular weight is 625 g/mol. The molecule has 14 heteroatoms. The van der Waals surface area contributed by atoms with Crippen molar-refractivity contribution in [2.45, 2.75) is 129 Å². The standard InChI is InChI=1S/C25H55F3O8Si3/c1-21(29)18-33-22(2)19-31-13-10-15-37(5,6)35-39(9,17-12-25(26,27)28)36-38(7,8)16-11-14-32-20-23(3)34-24(4)30/h21-24,29-30H,10-20H2,1-9H3. The van der Waals surface area contributed by atoms with Crippen molar-refractivity contribution >= 4 is 25.2 Å². The van der Waals surface area contributed by atoms with Gasteiger partial charge in [-0.05, 0) is 91.4 Å². The fourth-order valence-electron chi connectivity index (χ4n) is 4.19. The second-order valence-electron chi connectivity index (χ2n) is 11.9. The fraction of sp³-hybridized carbons (Fsp3) is 1.00. The van der Waals surface area contributed by atoms with E-state index in [2.05, 4.69) is 0 Å². The minimum absolute atomic E-state index is 0.122. The van der Waals surface area contributed by atoms with E-state index in [1.165, 1.54) is 0 Å². The molecule has 0 spiro atoms.